The molecule has 0 spiro atoms. The fraction of sp³-hybridized carbons (Fsp3) is 0.350. The van der Waals surface area contributed by atoms with Crippen molar-refractivity contribution in [1.82, 2.24) is 4.98 Å². The van der Waals surface area contributed by atoms with Crippen molar-refractivity contribution in [2.24, 2.45) is 5.73 Å². The zero-order chi connectivity index (χ0) is 18.8. The Labute approximate surface area is 157 Å². The molecule has 2 amide bonds. The molecule has 5 nitrogen and oxygen atoms in total. The summed E-state index contributed by atoms with van der Waals surface area (Å²) in [5.74, 6) is -0.465. The number of benzene rings is 1. The molecule has 26 heavy (non-hydrogen) atoms. The molecule has 0 radical (unpaired) electrons. The highest BCUT2D eigenvalue weighted by molar-refractivity contribution is 8.00. The fourth-order valence-electron chi connectivity index (χ4n) is 3.29. The van der Waals surface area contributed by atoms with Crippen LogP contribution in [-0.4, -0.2) is 22.6 Å². The quantitative estimate of drug-likeness (QED) is 0.792. The van der Waals surface area contributed by atoms with Crippen molar-refractivity contribution < 1.29 is 9.59 Å². The minimum absolute atomic E-state index is 0.124. The van der Waals surface area contributed by atoms with Crippen LogP contribution in [0.1, 0.15) is 44.7 Å². The smallest absolute Gasteiger partial charge is 0.251 e. The molecule has 0 bridgehead atoms. The Balaban J connectivity index is 1.71. The van der Waals surface area contributed by atoms with Gasteiger partial charge in [0.25, 0.3) is 5.91 Å². The molecule has 1 aliphatic rings. The Kier molecular flexibility index (Phi) is 5.32. The van der Waals surface area contributed by atoms with Gasteiger partial charge in [-0.1, -0.05) is 17.8 Å². The molecule has 3 rings (SSSR count). The second-order valence-corrected chi connectivity index (χ2v) is 7.63. The van der Waals surface area contributed by atoms with Gasteiger partial charge in [-0.2, -0.15) is 0 Å². The highest BCUT2D eigenvalue weighted by Crippen LogP contribution is 2.28. The van der Waals surface area contributed by atoms with Gasteiger partial charge in [-0.3, -0.25) is 9.59 Å². The number of aromatic nitrogens is 1. The summed E-state index contributed by atoms with van der Waals surface area (Å²) in [5, 5.41) is 3.44. The van der Waals surface area contributed by atoms with Gasteiger partial charge in [0.05, 0.1) is 11.3 Å². The zero-order valence-corrected chi connectivity index (χ0v) is 16.1. The Morgan fingerprint density at radius 3 is 2.62 bits per heavy atom. The van der Waals surface area contributed by atoms with Crippen LogP contribution in [0.15, 0.2) is 23.2 Å². The van der Waals surface area contributed by atoms with E-state index < -0.39 is 5.91 Å². The number of aryl methyl sites for hydroxylation is 3. The number of nitrogens with two attached hydrogens (primary N) is 1. The molecule has 0 aliphatic heterocycles. The first kappa shape index (κ1) is 18.5. The maximum atomic E-state index is 12.3. The normalized spacial score (nSPS) is 12.7. The number of hydrogen-bond donors (Lipinski definition) is 2. The second-order valence-electron chi connectivity index (χ2n) is 6.67. The van der Waals surface area contributed by atoms with E-state index in [9.17, 15) is 9.59 Å². The highest BCUT2D eigenvalue weighted by Gasteiger charge is 2.18. The third-order valence-corrected chi connectivity index (χ3v) is 5.91. The molecule has 0 saturated heterocycles. The number of anilines is 1. The maximum Gasteiger partial charge on any atom is 0.251 e. The standard InChI is InChI=1S/C20H23N3O2S/c1-11-12(2)18(19(21)25)20(22-13(11)3)26-10-17(24)23-16-8-7-14-5-4-6-15(14)9-16/h7-9H,4-6,10H2,1-3H3,(H2,21,25)(H,23,24). The second kappa shape index (κ2) is 7.50. The van der Waals surface area contributed by atoms with E-state index in [0.717, 1.165) is 35.3 Å². The molecule has 0 unspecified atom stereocenters. The lowest BCUT2D eigenvalue weighted by molar-refractivity contribution is -0.113. The largest absolute Gasteiger partial charge is 0.366 e. The number of nitrogens with one attached hydrogen (secondary N) is 1. The van der Waals surface area contributed by atoms with Crippen molar-refractivity contribution in [3.05, 3.63) is 51.7 Å². The molecule has 6 heteroatoms. The third kappa shape index (κ3) is 3.75. The lowest BCUT2D eigenvalue weighted by Crippen LogP contribution is -2.18. The predicted octanol–water partition coefficient (Wildman–Crippen LogP) is 3.33. The van der Waals surface area contributed by atoms with E-state index in [1.165, 1.54) is 29.3 Å². The Morgan fingerprint density at radius 2 is 1.88 bits per heavy atom. The van der Waals surface area contributed by atoms with Gasteiger partial charge >= 0.3 is 0 Å². The van der Waals surface area contributed by atoms with E-state index in [1.54, 1.807) is 0 Å². The third-order valence-electron chi connectivity index (χ3n) is 4.93. The number of amides is 2. The molecule has 0 atom stereocenters. The summed E-state index contributed by atoms with van der Waals surface area (Å²) in [6.07, 6.45) is 3.37. The molecular weight excluding hydrogens is 346 g/mol. The summed E-state index contributed by atoms with van der Waals surface area (Å²) in [6, 6.07) is 6.09. The van der Waals surface area contributed by atoms with E-state index in [0.29, 0.717) is 10.6 Å². The van der Waals surface area contributed by atoms with Crippen molar-refractivity contribution in [2.75, 3.05) is 11.1 Å². The molecule has 2 aromatic rings. The molecule has 136 valence electrons. The average Bonchev–Trinajstić information content (AvgIpc) is 3.05. The number of carbonyl (C=O) groups excluding carboxylic acids is 2. The number of hydrogen-bond acceptors (Lipinski definition) is 4. The molecule has 3 N–H and O–H groups in total. The van der Waals surface area contributed by atoms with Crippen LogP contribution in [0.4, 0.5) is 5.69 Å². The van der Waals surface area contributed by atoms with Crippen LogP contribution < -0.4 is 11.1 Å². The lowest BCUT2D eigenvalue weighted by Gasteiger charge is -2.13. The Hall–Kier alpha value is -2.34. The zero-order valence-electron chi connectivity index (χ0n) is 15.3. The van der Waals surface area contributed by atoms with Crippen LogP contribution in [0.2, 0.25) is 0 Å². The fourth-order valence-corrected chi connectivity index (χ4v) is 4.23. The number of nitrogens with zero attached hydrogens (tertiary/aromatic N) is 1. The van der Waals surface area contributed by atoms with Crippen LogP contribution in [0.25, 0.3) is 0 Å². The summed E-state index contributed by atoms with van der Waals surface area (Å²) < 4.78 is 0. The number of thioether (sulfide) groups is 1. The molecule has 0 fully saturated rings. The van der Waals surface area contributed by atoms with Crippen molar-refractivity contribution >= 4 is 29.3 Å². The van der Waals surface area contributed by atoms with E-state index in [-0.39, 0.29) is 11.7 Å². The van der Waals surface area contributed by atoms with Crippen molar-refractivity contribution in [3.63, 3.8) is 0 Å². The summed E-state index contributed by atoms with van der Waals surface area (Å²) in [7, 11) is 0. The first-order valence-electron chi connectivity index (χ1n) is 8.69. The number of pyridine rings is 1. The first-order chi connectivity index (χ1) is 12.4. The molecular formula is C20H23N3O2S. The molecule has 1 aliphatic carbocycles. The van der Waals surface area contributed by atoms with Crippen LogP contribution in [0, 0.1) is 20.8 Å². The predicted molar refractivity (Wildman–Crippen MR) is 105 cm³/mol. The van der Waals surface area contributed by atoms with Crippen LogP contribution in [-0.2, 0) is 17.6 Å². The van der Waals surface area contributed by atoms with E-state index in [2.05, 4.69) is 22.4 Å². The summed E-state index contributed by atoms with van der Waals surface area (Å²) >= 11 is 1.24. The van der Waals surface area contributed by atoms with Crippen molar-refractivity contribution in [2.45, 2.75) is 45.1 Å². The number of primary amides is 1. The molecule has 0 saturated carbocycles. The number of rotatable bonds is 5. The highest BCUT2D eigenvalue weighted by atomic mass is 32.2. The van der Waals surface area contributed by atoms with Gasteiger partial charge in [0.2, 0.25) is 5.91 Å². The summed E-state index contributed by atoms with van der Waals surface area (Å²) in [4.78, 5) is 28.6. The average molecular weight is 369 g/mol. The van der Waals surface area contributed by atoms with Gasteiger partial charge in [-0.25, -0.2) is 4.98 Å². The Morgan fingerprint density at radius 1 is 1.15 bits per heavy atom. The maximum absolute atomic E-state index is 12.3. The SMILES string of the molecule is Cc1nc(SCC(=O)Nc2ccc3c(c2)CCC3)c(C(N)=O)c(C)c1C. The van der Waals surface area contributed by atoms with E-state index in [4.69, 9.17) is 5.73 Å². The summed E-state index contributed by atoms with van der Waals surface area (Å²) in [6.45, 7) is 5.67. The van der Waals surface area contributed by atoms with E-state index in [1.807, 2.05) is 26.8 Å². The minimum Gasteiger partial charge on any atom is -0.366 e. The minimum atomic E-state index is -0.514. The van der Waals surface area contributed by atoms with Gasteiger partial charge in [-0.15, -0.1) is 0 Å². The topological polar surface area (TPSA) is 85.1 Å². The Bertz CT molecular complexity index is 893. The number of fused-ring (bicyclic) bond motifs is 1. The van der Waals surface area contributed by atoms with Gasteiger partial charge < -0.3 is 11.1 Å². The van der Waals surface area contributed by atoms with E-state index >= 15 is 0 Å². The monoisotopic (exact) mass is 369 g/mol. The lowest BCUT2D eigenvalue weighted by atomic mass is 10.0. The van der Waals surface area contributed by atoms with Crippen molar-refractivity contribution in [1.29, 1.82) is 0 Å². The first-order valence-corrected chi connectivity index (χ1v) is 9.67. The van der Waals surface area contributed by atoms with Crippen LogP contribution in [0.3, 0.4) is 0 Å². The van der Waals surface area contributed by atoms with Crippen molar-refractivity contribution in [3.8, 4) is 0 Å². The number of carbonyl (C=O) groups is 2. The summed E-state index contributed by atoms with van der Waals surface area (Å²) in [5.41, 5.74) is 12.1. The van der Waals surface area contributed by atoms with Gasteiger partial charge in [0.15, 0.2) is 0 Å². The molecule has 1 heterocycles. The van der Waals surface area contributed by atoms with Gasteiger partial charge in [-0.05, 0) is 74.4 Å². The van der Waals surface area contributed by atoms with Crippen LogP contribution >= 0.6 is 11.8 Å². The van der Waals surface area contributed by atoms with Crippen LogP contribution in [0.5, 0.6) is 0 Å². The molecule has 1 aromatic carbocycles. The van der Waals surface area contributed by atoms with Gasteiger partial charge in [0, 0.05) is 11.4 Å². The molecule has 1 aromatic heterocycles. The van der Waals surface area contributed by atoms with Gasteiger partial charge in [0.1, 0.15) is 5.03 Å².